The van der Waals surface area contributed by atoms with Gasteiger partial charge in [-0.2, -0.15) is 4.31 Å². The fraction of sp³-hybridized carbons (Fsp3) is 0.500. The van der Waals surface area contributed by atoms with Gasteiger partial charge in [-0.15, -0.1) is 0 Å². The van der Waals surface area contributed by atoms with Gasteiger partial charge >= 0.3 is 0 Å². The Balaban J connectivity index is 1.53. The molecule has 9 heteroatoms. The quantitative estimate of drug-likeness (QED) is 0.544. The predicted octanol–water partition coefficient (Wildman–Crippen LogP) is 1.89. The van der Waals surface area contributed by atoms with Crippen molar-refractivity contribution in [2.75, 3.05) is 39.8 Å². The van der Waals surface area contributed by atoms with Crippen LogP contribution in [0.5, 0.6) is 0 Å². The van der Waals surface area contributed by atoms with Crippen molar-refractivity contribution in [3.05, 3.63) is 53.9 Å². The van der Waals surface area contributed by atoms with E-state index in [9.17, 15) is 8.42 Å². The van der Waals surface area contributed by atoms with Crippen molar-refractivity contribution in [2.45, 2.75) is 25.0 Å². The Labute approximate surface area is 172 Å². The molecule has 1 atom stereocenters. The summed E-state index contributed by atoms with van der Waals surface area (Å²) in [4.78, 5) is 6.51. The Morgan fingerprint density at radius 1 is 1.21 bits per heavy atom. The number of benzene rings is 1. The molecule has 1 fully saturated rings. The molecule has 0 aliphatic carbocycles. The van der Waals surface area contributed by atoms with Gasteiger partial charge in [-0.3, -0.25) is 4.99 Å². The molecule has 3 rings (SSSR count). The minimum Gasteiger partial charge on any atom is -0.364 e. The summed E-state index contributed by atoms with van der Waals surface area (Å²) >= 11 is 0. The number of aliphatic imine (C=N–C) groups is 1. The van der Waals surface area contributed by atoms with E-state index < -0.39 is 10.0 Å². The number of guanidine groups is 1. The number of nitrogens with zero attached hydrogens (tertiary/aromatic N) is 4. The van der Waals surface area contributed by atoms with Gasteiger partial charge in [-0.1, -0.05) is 42.4 Å². The molecule has 0 radical (unpaired) electrons. The highest BCUT2D eigenvalue weighted by atomic mass is 32.2. The van der Waals surface area contributed by atoms with Crippen molar-refractivity contribution in [3.8, 4) is 0 Å². The van der Waals surface area contributed by atoms with Crippen LogP contribution in [0.4, 0.5) is 0 Å². The van der Waals surface area contributed by atoms with Crippen molar-refractivity contribution in [3.63, 3.8) is 0 Å². The van der Waals surface area contributed by atoms with Gasteiger partial charge in [0.1, 0.15) is 12.0 Å². The molecule has 1 aromatic heterocycles. The van der Waals surface area contributed by atoms with Gasteiger partial charge < -0.3 is 14.7 Å². The molecule has 0 spiro atoms. The molecule has 0 bridgehead atoms. The molecule has 0 saturated carbocycles. The first-order valence-corrected chi connectivity index (χ1v) is 11.5. The lowest BCUT2D eigenvalue weighted by Crippen LogP contribution is -2.54. The Bertz CT molecular complexity index is 876. The van der Waals surface area contributed by atoms with E-state index in [0.29, 0.717) is 37.8 Å². The smallest absolute Gasteiger partial charge is 0.220 e. The Morgan fingerprint density at radius 3 is 2.52 bits per heavy atom. The number of aromatic nitrogens is 1. The topological polar surface area (TPSA) is 91.0 Å². The number of sulfonamides is 1. The number of rotatable bonds is 7. The minimum absolute atomic E-state index is 0.133. The first-order valence-electron chi connectivity index (χ1n) is 9.91. The van der Waals surface area contributed by atoms with E-state index in [2.05, 4.69) is 51.6 Å². The third kappa shape index (κ3) is 5.57. The second-order valence-corrected chi connectivity index (χ2v) is 9.05. The van der Waals surface area contributed by atoms with Crippen molar-refractivity contribution >= 4 is 16.0 Å². The second-order valence-electron chi connectivity index (χ2n) is 7.08. The monoisotopic (exact) mass is 419 g/mol. The second kappa shape index (κ2) is 9.89. The molecule has 1 saturated heterocycles. The first kappa shape index (κ1) is 21.3. The zero-order valence-corrected chi connectivity index (χ0v) is 17.8. The van der Waals surface area contributed by atoms with Crippen LogP contribution in [0.3, 0.4) is 0 Å². The molecule has 0 amide bonds. The van der Waals surface area contributed by atoms with Gasteiger partial charge in [0.2, 0.25) is 10.0 Å². The Kier molecular flexibility index (Phi) is 7.27. The zero-order valence-electron chi connectivity index (χ0n) is 17.0. The lowest BCUT2D eigenvalue weighted by Gasteiger charge is -2.36. The molecule has 29 heavy (non-hydrogen) atoms. The van der Waals surface area contributed by atoms with E-state index in [0.717, 1.165) is 18.9 Å². The minimum atomic E-state index is -3.40. The van der Waals surface area contributed by atoms with Crippen LogP contribution in [0.25, 0.3) is 0 Å². The number of hydrogen-bond donors (Lipinski definition) is 1. The van der Waals surface area contributed by atoms with Crippen LogP contribution in [0.2, 0.25) is 0 Å². The van der Waals surface area contributed by atoms with E-state index in [-0.39, 0.29) is 5.75 Å². The molecule has 2 heterocycles. The van der Waals surface area contributed by atoms with Crippen LogP contribution in [0.1, 0.15) is 30.5 Å². The Hall–Kier alpha value is -2.39. The summed E-state index contributed by atoms with van der Waals surface area (Å²) in [7, 11) is -1.64. The average Bonchev–Trinajstić information content (AvgIpc) is 3.24. The van der Waals surface area contributed by atoms with Crippen molar-refractivity contribution in [1.29, 1.82) is 0 Å². The molecule has 1 N–H and O–H groups in total. The van der Waals surface area contributed by atoms with Crippen molar-refractivity contribution < 1.29 is 12.9 Å². The summed E-state index contributed by atoms with van der Waals surface area (Å²) in [6, 6.07) is 12.0. The van der Waals surface area contributed by atoms with E-state index >= 15 is 0 Å². The van der Waals surface area contributed by atoms with E-state index in [1.54, 1.807) is 13.1 Å². The molecular formula is C20H29N5O3S. The number of hydrogen-bond acceptors (Lipinski definition) is 5. The average molecular weight is 420 g/mol. The standard InChI is InChI=1S/C20H29N5O3S/c1-3-17(18-7-5-4-6-8-18)15-22-20(21-2)24-10-12-25(13-11-24)29(26,27)16-19-9-14-28-23-19/h4-9,14,17H,3,10-13,15-16H2,1-2H3,(H,21,22). The van der Waals surface area contributed by atoms with E-state index in [1.807, 2.05) is 6.07 Å². The maximum absolute atomic E-state index is 12.6. The third-order valence-electron chi connectivity index (χ3n) is 5.24. The van der Waals surface area contributed by atoms with Crippen molar-refractivity contribution in [1.82, 2.24) is 19.7 Å². The SMILES string of the molecule is CCC(CNC(=NC)N1CCN(S(=O)(=O)Cc2ccon2)CC1)c1ccccc1. The summed E-state index contributed by atoms with van der Waals surface area (Å²) in [5.74, 6) is 1.08. The third-order valence-corrected chi connectivity index (χ3v) is 7.05. The van der Waals surface area contributed by atoms with Crippen LogP contribution in [0, 0.1) is 0 Å². The van der Waals surface area contributed by atoms with Crippen LogP contribution >= 0.6 is 0 Å². The fourth-order valence-electron chi connectivity index (χ4n) is 3.54. The van der Waals surface area contributed by atoms with Gasteiger partial charge in [0.05, 0.1) is 5.69 Å². The highest BCUT2D eigenvalue weighted by Gasteiger charge is 2.29. The molecular weight excluding hydrogens is 390 g/mol. The Morgan fingerprint density at radius 2 is 1.93 bits per heavy atom. The molecule has 1 unspecified atom stereocenters. The number of nitrogens with one attached hydrogen (secondary N) is 1. The summed E-state index contributed by atoms with van der Waals surface area (Å²) in [5.41, 5.74) is 1.73. The molecule has 1 aliphatic rings. The van der Waals surface area contributed by atoms with Gasteiger partial charge in [0.15, 0.2) is 5.96 Å². The van der Waals surface area contributed by atoms with Crippen molar-refractivity contribution in [2.24, 2.45) is 4.99 Å². The lowest BCUT2D eigenvalue weighted by atomic mass is 9.96. The van der Waals surface area contributed by atoms with E-state index in [4.69, 9.17) is 4.52 Å². The summed E-state index contributed by atoms with van der Waals surface area (Å²) in [6.07, 6.45) is 2.42. The fourth-order valence-corrected chi connectivity index (χ4v) is 4.96. The highest BCUT2D eigenvalue weighted by Crippen LogP contribution is 2.18. The molecule has 8 nitrogen and oxygen atoms in total. The summed E-state index contributed by atoms with van der Waals surface area (Å²) in [6.45, 7) is 5.02. The molecule has 158 valence electrons. The van der Waals surface area contributed by atoms with E-state index in [1.165, 1.54) is 16.1 Å². The van der Waals surface area contributed by atoms with Crippen LogP contribution < -0.4 is 5.32 Å². The molecule has 1 aliphatic heterocycles. The summed E-state index contributed by atoms with van der Waals surface area (Å²) in [5, 5.41) is 7.17. The van der Waals surface area contributed by atoms with Gasteiger partial charge in [0, 0.05) is 51.8 Å². The maximum Gasteiger partial charge on any atom is 0.220 e. The van der Waals surface area contributed by atoms with Crippen LogP contribution in [0.15, 0.2) is 52.2 Å². The summed E-state index contributed by atoms with van der Waals surface area (Å²) < 4.78 is 31.4. The first-order chi connectivity index (χ1) is 14.0. The van der Waals surface area contributed by atoms with Crippen LogP contribution in [-0.4, -0.2) is 68.5 Å². The highest BCUT2D eigenvalue weighted by molar-refractivity contribution is 7.88. The molecule has 2 aromatic rings. The zero-order chi connectivity index (χ0) is 20.7. The van der Waals surface area contributed by atoms with Gasteiger partial charge in [-0.05, 0) is 12.0 Å². The number of piperazine rings is 1. The largest absolute Gasteiger partial charge is 0.364 e. The normalized spacial score (nSPS) is 17.3. The lowest BCUT2D eigenvalue weighted by molar-refractivity contribution is 0.259. The van der Waals surface area contributed by atoms with Crippen LogP contribution in [-0.2, 0) is 15.8 Å². The maximum atomic E-state index is 12.6. The van der Waals surface area contributed by atoms with Gasteiger partial charge in [0.25, 0.3) is 0 Å². The van der Waals surface area contributed by atoms with Gasteiger partial charge in [-0.25, -0.2) is 8.42 Å². The molecule has 1 aromatic carbocycles. The predicted molar refractivity (Wildman–Crippen MR) is 113 cm³/mol.